The third-order valence-electron chi connectivity index (χ3n) is 3.07. The highest BCUT2D eigenvalue weighted by Crippen LogP contribution is 2.39. The van der Waals surface area contributed by atoms with Gasteiger partial charge >= 0.3 is 0 Å². The molecule has 0 aromatic heterocycles. The summed E-state index contributed by atoms with van der Waals surface area (Å²) < 4.78 is 0. The van der Waals surface area contributed by atoms with Crippen molar-refractivity contribution in [3.05, 3.63) is 0 Å². The summed E-state index contributed by atoms with van der Waals surface area (Å²) in [6, 6.07) is 0. The molecule has 0 unspecified atom stereocenters. The highest BCUT2D eigenvalue weighted by molar-refractivity contribution is 5.82. The van der Waals surface area contributed by atoms with E-state index in [1.165, 1.54) is 32.1 Å². The molecule has 2 rings (SSSR count). The smallest absolute Gasteiger partial charge is 0.136 e. The summed E-state index contributed by atoms with van der Waals surface area (Å²) in [7, 11) is 0. The molecule has 0 bridgehead atoms. The molecule has 1 nitrogen and oxygen atoms in total. The molecule has 10 heavy (non-hydrogen) atoms. The Labute approximate surface area is 61.8 Å². The zero-order chi connectivity index (χ0) is 6.97. The normalized spacial score (nSPS) is 39.8. The second-order valence-electron chi connectivity index (χ2n) is 3.66. The molecule has 1 heteroatoms. The van der Waals surface area contributed by atoms with E-state index in [1.54, 1.807) is 0 Å². The molecule has 2 atom stereocenters. The van der Waals surface area contributed by atoms with Crippen molar-refractivity contribution in [2.45, 2.75) is 38.5 Å². The van der Waals surface area contributed by atoms with Gasteiger partial charge in [-0.2, -0.15) is 0 Å². The molecule has 0 radical (unpaired) electrons. The maximum Gasteiger partial charge on any atom is 0.136 e. The van der Waals surface area contributed by atoms with Gasteiger partial charge in [0, 0.05) is 12.3 Å². The SMILES string of the molecule is O=C1CCC[C@@H]2CCC[C@H]12. The first-order chi connectivity index (χ1) is 4.88. The molecule has 2 aliphatic carbocycles. The fourth-order valence-corrected chi connectivity index (χ4v) is 2.53. The molecule has 56 valence electrons. The van der Waals surface area contributed by atoms with Crippen LogP contribution in [0.4, 0.5) is 0 Å². The summed E-state index contributed by atoms with van der Waals surface area (Å²) in [5.74, 6) is 1.85. The molecular formula is C9H14O. The minimum absolute atomic E-state index is 0.494. The molecule has 0 aromatic carbocycles. The maximum atomic E-state index is 11.3. The zero-order valence-corrected chi connectivity index (χ0v) is 6.31. The lowest BCUT2D eigenvalue weighted by atomic mass is 9.81. The Morgan fingerprint density at radius 3 is 2.70 bits per heavy atom. The van der Waals surface area contributed by atoms with Crippen molar-refractivity contribution < 1.29 is 4.79 Å². The van der Waals surface area contributed by atoms with E-state index in [9.17, 15) is 4.79 Å². The summed E-state index contributed by atoms with van der Waals surface area (Å²) >= 11 is 0. The highest BCUT2D eigenvalue weighted by Gasteiger charge is 2.34. The van der Waals surface area contributed by atoms with Gasteiger partial charge in [-0.1, -0.05) is 6.42 Å². The highest BCUT2D eigenvalue weighted by atomic mass is 16.1. The van der Waals surface area contributed by atoms with Gasteiger partial charge in [0.2, 0.25) is 0 Å². The monoisotopic (exact) mass is 138 g/mol. The van der Waals surface area contributed by atoms with Gasteiger partial charge in [0.15, 0.2) is 0 Å². The Bertz CT molecular complexity index is 151. The first-order valence-electron chi connectivity index (χ1n) is 4.40. The fourth-order valence-electron chi connectivity index (χ4n) is 2.53. The molecule has 2 fully saturated rings. The minimum Gasteiger partial charge on any atom is -0.299 e. The molecule has 2 saturated carbocycles. The number of rotatable bonds is 0. The van der Waals surface area contributed by atoms with Crippen molar-refractivity contribution in [3.63, 3.8) is 0 Å². The molecule has 2 aliphatic rings. The standard InChI is InChI=1S/C9H14O/c10-9-6-2-4-7-3-1-5-8(7)9/h7-8H,1-6H2/t7-,8-/m0/s1. The molecule has 0 heterocycles. The van der Waals surface area contributed by atoms with Crippen molar-refractivity contribution in [3.8, 4) is 0 Å². The quantitative estimate of drug-likeness (QED) is 0.501. The van der Waals surface area contributed by atoms with Crippen LogP contribution in [0, 0.1) is 11.8 Å². The average molecular weight is 138 g/mol. The van der Waals surface area contributed by atoms with Gasteiger partial charge in [0.1, 0.15) is 5.78 Å². The first kappa shape index (κ1) is 6.38. The van der Waals surface area contributed by atoms with E-state index in [0.29, 0.717) is 11.7 Å². The Morgan fingerprint density at radius 1 is 1.10 bits per heavy atom. The summed E-state index contributed by atoms with van der Waals surface area (Å²) in [4.78, 5) is 11.3. The number of carbonyl (C=O) groups excluding carboxylic acids is 1. The molecule has 0 aliphatic heterocycles. The van der Waals surface area contributed by atoms with Crippen LogP contribution in [-0.4, -0.2) is 5.78 Å². The number of ketones is 1. The lowest BCUT2D eigenvalue weighted by Crippen LogP contribution is -2.23. The number of carbonyl (C=O) groups is 1. The Morgan fingerprint density at radius 2 is 1.90 bits per heavy atom. The van der Waals surface area contributed by atoms with Crippen LogP contribution in [0.3, 0.4) is 0 Å². The lowest BCUT2D eigenvalue weighted by Gasteiger charge is -2.23. The third-order valence-corrected chi connectivity index (χ3v) is 3.07. The predicted molar refractivity (Wildman–Crippen MR) is 39.7 cm³/mol. The molecule has 0 amide bonds. The largest absolute Gasteiger partial charge is 0.299 e. The second kappa shape index (κ2) is 2.37. The van der Waals surface area contributed by atoms with Crippen molar-refractivity contribution in [1.82, 2.24) is 0 Å². The van der Waals surface area contributed by atoms with Crippen molar-refractivity contribution >= 4 is 5.78 Å². The number of Topliss-reactive ketones (excluding diaryl/α,β-unsaturated/α-hetero) is 1. The number of fused-ring (bicyclic) bond motifs is 1. The van der Waals surface area contributed by atoms with Crippen LogP contribution in [0.5, 0.6) is 0 Å². The van der Waals surface area contributed by atoms with Crippen molar-refractivity contribution in [2.75, 3.05) is 0 Å². The third kappa shape index (κ3) is 0.882. The van der Waals surface area contributed by atoms with Crippen LogP contribution in [0.15, 0.2) is 0 Å². The van der Waals surface area contributed by atoms with E-state index in [-0.39, 0.29) is 0 Å². The summed E-state index contributed by atoms with van der Waals surface area (Å²) in [5, 5.41) is 0. The predicted octanol–water partition coefficient (Wildman–Crippen LogP) is 2.16. The van der Waals surface area contributed by atoms with E-state index >= 15 is 0 Å². The van der Waals surface area contributed by atoms with Crippen molar-refractivity contribution in [2.24, 2.45) is 11.8 Å². The van der Waals surface area contributed by atoms with E-state index in [4.69, 9.17) is 0 Å². The van der Waals surface area contributed by atoms with Gasteiger partial charge in [0.05, 0.1) is 0 Å². The van der Waals surface area contributed by atoms with E-state index in [1.807, 2.05) is 0 Å². The van der Waals surface area contributed by atoms with Crippen LogP contribution >= 0.6 is 0 Å². The van der Waals surface area contributed by atoms with Gasteiger partial charge < -0.3 is 0 Å². The minimum atomic E-state index is 0.494. The van der Waals surface area contributed by atoms with E-state index in [0.717, 1.165) is 12.3 Å². The van der Waals surface area contributed by atoms with Gasteiger partial charge in [-0.25, -0.2) is 0 Å². The van der Waals surface area contributed by atoms with Gasteiger partial charge in [-0.3, -0.25) is 4.79 Å². The van der Waals surface area contributed by atoms with E-state index < -0.39 is 0 Å². The fraction of sp³-hybridized carbons (Fsp3) is 0.889. The molecule has 0 aromatic rings. The first-order valence-corrected chi connectivity index (χ1v) is 4.40. The number of hydrogen-bond donors (Lipinski definition) is 0. The lowest BCUT2D eigenvalue weighted by molar-refractivity contribution is -0.125. The summed E-state index contributed by atoms with van der Waals surface area (Å²) in [6.07, 6.45) is 7.21. The van der Waals surface area contributed by atoms with Gasteiger partial charge in [-0.15, -0.1) is 0 Å². The Balaban J connectivity index is 2.10. The van der Waals surface area contributed by atoms with Crippen LogP contribution in [0.2, 0.25) is 0 Å². The van der Waals surface area contributed by atoms with Crippen LogP contribution < -0.4 is 0 Å². The zero-order valence-electron chi connectivity index (χ0n) is 6.31. The Hall–Kier alpha value is -0.330. The van der Waals surface area contributed by atoms with Crippen LogP contribution in [-0.2, 0) is 4.79 Å². The summed E-state index contributed by atoms with van der Waals surface area (Å²) in [5.41, 5.74) is 0. The molecule has 0 saturated heterocycles. The maximum absolute atomic E-state index is 11.3. The molecule has 0 spiro atoms. The topological polar surface area (TPSA) is 17.1 Å². The molecular weight excluding hydrogens is 124 g/mol. The number of hydrogen-bond acceptors (Lipinski definition) is 1. The molecule has 0 N–H and O–H groups in total. The van der Waals surface area contributed by atoms with Crippen molar-refractivity contribution in [1.29, 1.82) is 0 Å². The van der Waals surface area contributed by atoms with E-state index in [2.05, 4.69) is 0 Å². The van der Waals surface area contributed by atoms with Crippen LogP contribution in [0.25, 0.3) is 0 Å². The van der Waals surface area contributed by atoms with Gasteiger partial charge in [-0.05, 0) is 31.6 Å². The van der Waals surface area contributed by atoms with Gasteiger partial charge in [0.25, 0.3) is 0 Å². The summed E-state index contributed by atoms with van der Waals surface area (Å²) in [6.45, 7) is 0. The Kier molecular flexibility index (Phi) is 1.51. The average Bonchev–Trinajstić information content (AvgIpc) is 2.36. The second-order valence-corrected chi connectivity index (χ2v) is 3.66. The van der Waals surface area contributed by atoms with Crippen LogP contribution in [0.1, 0.15) is 38.5 Å².